The normalized spacial score (nSPS) is 14.0. The molecule has 0 radical (unpaired) electrons. The van der Waals surface area contributed by atoms with Gasteiger partial charge in [0.1, 0.15) is 23.4 Å². The van der Waals surface area contributed by atoms with Crippen molar-refractivity contribution < 1.29 is 37.0 Å². The minimum atomic E-state index is -5.04. The van der Waals surface area contributed by atoms with E-state index < -0.39 is 41.2 Å². The van der Waals surface area contributed by atoms with Crippen molar-refractivity contribution in [3.8, 4) is 0 Å². The molecule has 13 heteroatoms. The molecule has 0 fully saturated rings. The molecule has 1 amide bonds. The van der Waals surface area contributed by atoms with E-state index in [1.165, 1.54) is 5.56 Å². The molecule has 0 bridgehead atoms. The van der Waals surface area contributed by atoms with E-state index in [0.29, 0.717) is 25.9 Å². The molecule has 2 aromatic rings. The van der Waals surface area contributed by atoms with Gasteiger partial charge in [-0.3, -0.25) is 4.79 Å². The molecule has 1 aliphatic heterocycles. The monoisotopic (exact) mass is 583 g/mol. The molecule has 0 aromatic carbocycles. The zero-order chi connectivity index (χ0) is 30.0. The van der Waals surface area contributed by atoms with Crippen molar-refractivity contribution in [2.75, 3.05) is 38.1 Å². The van der Waals surface area contributed by atoms with Gasteiger partial charge in [-0.15, -0.1) is 0 Å². The summed E-state index contributed by atoms with van der Waals surface area (Å²) in [5.74, 6) is -3.06. The number of pyridine rings is 2. The average Bonchev–Trinajstić information content (AvgIpc) is 2.91. The highest BCUT2D eigenvalue weighted by molar-refractivity contribution is 5.96. The molecule has 1 aliphatic rings. The molecule has 0 spiro atoms. The summed E-state index contributed by atoms with van der Waals surface area (Å²) < 4.78 is 59.0. The lowest BCUT2D eigenvalue weighted by molar-refractivity contribution is -0.139. The Balaban J connectivity index is 1.57. The van der Waals surface area contributed by atoms with Gasteiger partial charge >= 0.3 is 12.1 Å². The highest BCUT2D eigenvalue weighted by atomic mass is 19.4. The van der Waals surface area contributed by atoms with Crippen molar-refractivity contribution in [1.82, 2.24) is 20.2 Å². The lowest BCUT2D eigenvalue weighted by atomic mass is 10.1. The minimum absolute atomic E-state index is 0.0117. The molecular formula is C28H37F4N5O4. The van der Waals surface area contributed by atoms with Crippen LogP contribution in [-0.2, 0) is 28.5 Å². The fourth-order valence-electron chi connectivity index (χ4n) is 4.53. The van der Waals surface area contributed by atoms with Crippen LogP contribution in [0.2, 0.25) is 0 Å². The van der Waals surface area contributed by atoms with Crippen LogP contribution in [0.5, 0.6) is 0 Å². The predicted molar refractivity (Wildman–Crippen MR) is 144 cm³/mol. The minimum Gasteiger partial charge on any atom is -0.480 e. The van der Waals surface area contributed by atoms with E-state index >= 15 is 0 Å². The van der Waals surface area contributed by atoms with E-state index in [4.69, 9.17) is 9.72 Å². The Morgan fingerprint density at radius 2 is 1.98 bits per heavy atom. The first-order valence-electron chi connectivity index (χ1n) is 13.8. The van der Waals surface area contributed by atoms with Crippen LogP contribution >= 0.6 is 0 Å². The molecule has 2 aromatic heterocycles. The Bertz CT molecular complexity index is 1180. The number of alkyl halides is 3. The van der Waals surface area contributed by atoms with Gasteiger partial charge in [-0.1, -0.05) is 6.07 Å². The summed E-state index contributed by atoms with van der Waals surface area (Å²) >= 11 is 0. The standard InChI is InChI=1S/C28H37F4N5O4/c1-18(2)41-15-14-37(12-4-3-7-21-9-8-19-6-5-11-33-25(19)35-21)13-10-23(27(39)40)36-26(38)24-22(28(30,31)32)16-20(29)17-34-24/h8-9,16-18,23H,3-7,10-15H2,1-2H3,(H,33,35)(H,36,38)(H,39,40). The first-order valence-corrected chi connectivity index (χ1v) is 13.8. The number of carboxylic acid groups (broad SMARTS) is 1. The maximum atomic E-state index is 13.4. The smallest absolute Gasteiger partial charge is 0.418 e. The Kier molecular flexibility index (Phi) is 11.8. The number of halogens is 4. The largest absolute Gasteiger partial charge is 0.480 e. The van der Waals surface area contributed by atoms with Gasteiger partial charge in [0.2, 0.25) is 0 Å². The second kappa shape index (κ2) is 15.1. The quantitative estimate of drug-likeness (QED) is 0.210. The number of aryl methyl sites for hydroxylation is 2. The lowest BCUT2D eigenvalue weighted by Gasteiger charge is -2.25. The predicted octanol–water partition coefficient (Wildman–Crippen LogP) is 4.32. The van der Waals surface area contributed by atoms with Crippen LogP contribution in [0.1, 0.15) is 66.8 Å². The van der Waals surface area contributed by atoms with Gasteiger partial charge in [-0.25, -0.2) is 19.2 Å². The third-order valence-electron chi connectivity index (χ3n) is 6.68. The summed E-state index contributed by atoms with van der Waals surface area (Å²) in [7, 11) is 0. The zero-order valence-electron chi connectivity index (χ0n) is 23.3. The van der Waals surface area contributed by atoms with Crippen LogP contribution in [0.4, 0.5) is 23.4 Å². The van der Waals surface area contributed by atoms with Gasteiger partial charge in [0.05, 0.1) is 24.5 Å². The fourth-order valence-corrected chi connectivity index (χ4v) is 4.53. The average molecular weight is 584 g/mol. The number of carbonyl (C=O) groups is 2. The number of rotatable bonds is 15. The summed E-state index contributed by atoms with van der Waals surface area (Å²) in [5, 5.41) is 15.1. The van der Waals surface area contributed by atoms with E-state index in [0.717, 1.165) is 50.2 Å². The maximum Gasteiger partial charge on any atom is 0.418 e. The number of ether oxygens (including phenoxy) is 1. The second-order valence-corrected chi connectivity index (χ2v) is 10.3. The molecule has 9 nitrogen and oxygen atoms in total. The van der Waals surface area contributed by atoms with Crippen molar-refractivity contribution >= 4 is 17.7 Å². The topological polar surface area (TPSA) is 117 Å². The summed E-state index contributed by atoms with van der Waals surface area (Å²) in [4.78, 5) is 34.4. The SMILES string of the molecule is CC(C)OCCN(CCCCc1ccc2c(n1)NCCC2)CCC(NC(=O)c1ncc(F)cc1C(F)(F)F)C(=O)O. The van der Waals surface area contributed by atoms with Gasteiger partial charge in [0.15, 0.2) is 0 Å². The van der Waals surface area contributed by atoms with Crippen molar-refractivity contribution in [2.45, 2.75) is 70.7 Å². The van der Waals surface area contributed by atoms with Gasteiger partial charge in [-0.2, -0.15) is 13.2 Å². The van der Waals surface area contributed by atoms with Crippen molar-refractivity contribution in [3.63, 3.8) is 0 Å². The summed E-state index contributed by atoms with van der Waals surface area (Å²) in [6.07, 6.45) is -0.0770. The molecule has 0 aliphatic carbocycles. The second-order valence-electron chi connectivity index (χ2n) is 10.3. The number of nitrogens with zero attached hydrogens (tertiary/aromatic N) is 3. The van der Waals surface area contributed by atoms with Crippen LogP contribution in [0.3, 0.4) is 0 Å². The van der Waals surface area contributed by atoms with Crippen molar-refractivity contribution in [3.05, 3.63) is 52.7 Å². The molecule has 3 rings (SSSR count). The molecule has 0 saturated heterocycles. The Labute approximate surface area is 236 Å². The van der Waals surface area contributed by atoms with Gasteiger partial charge in [0.25, 0.3) is 5.91 Å². The van der Waals surface area contributed by atoms with E-state index in [9.17, 15) is 32.3 Å². The number of hydrogen-bond donors (Lipinski definition) is 3. The molecule has 1 unspecified atom stereocenters. The zero-order valence-corrected chi connectivity index (χ0v) is 23.3. The lowest BCUT2D eigenvalue weighted by Crippen LogP contribution is -2.44. The first-order chi connectivity index (χ1) is 19.4. The third kappa shape index (κ3) is 10.2. The number of carboxylic acids is 1. The van der Waals surface area contributed by atoms with Gasteiger partial charge < -0.3 is 25.4 Å². The number of nitrogens with one attached hydrogen (secondary N) is 2. The maximum absolute atomic E-state index is 13.4. The molecule has 41 heavy (non-hydrogen) atoms. The summed E-state index contributed by atoms with van der Waals surface area (Å²) in [6.45, 7) is 6.52. The van der Waals surface area contributed by atoms with Crippen LogP contribution in [0, 0.1) is 5.82 Å². The van der Waals surface area contributed by atoms with Gasteiger partial charge in [0, 0.05) is 25.3 Å². The third-order valence-corrected chi connectivity index (χ3v) is 6.68. The first kappa shape index (κ1) is 32.2. The van der Waals surface area contributed by atoms with Crippen LogP contribution in [-0.4, -0.2) is 76.8 Å². The van der Waals surface area contributed by atoms with E-state index in [-0.39, 0.29) is 25.1 Å². The molecule has 0 saturated carbocycles. The highest BCUT2D eigenvalue weighted by Gasteiger charge is 2.37. The molecule has 1 atom stereocenters. The number of aliphatic carboxylic acids is 1. The van der Waals surface area contributed by atoms with Gasteiger partial charge in [-0.05, 0) is 76.6 Å². The van der Waals surface area contributed by atoms with Crippen LogP contribution < -0.4 is 10.6 Å². The Morgan fingerprint density at radius 3 is 2.68 bits per heavy atom. The molecule has 3 N–H and O–H groups in total. The van der Waals surface area contributed by atoms with E-state index in [2.05, 4.69) is 21.7 Å². The molecular weight excluding hydrogens is 546 g/mol. The fraction of sp³-hybridized carbons (Fsp3) is 0.571. The van der Waals surface area contributed by atoms with Crippen molar-refractivity contribution in [1.29, 1.82) is 0 Å². The molecule has 226 valence electrons. The Morgan fingerprint density at radius 1 is 1.20 bits per heavy atom. The highest BCUT2D eigenvalue weighted by Crippen LogP contribution is 2.31. The summed E-state index contributed by atoms with van der Waals surface area (Å²) in [6, 6.07) is 2.83. The molecule has 3 heterocycles. The van der Waals surface area contributed by atoms with E-state index in [1.54, 1.807) is 0 Å². The number of unbranched alkanes of at least 4 members (excludes halogenated alkanes) is 1. The van der Waals surface area contributed by atoms with Crippen molar-refractivity contribution in [2.24, 2.45) is 0 Å². The number of hydrogen-bond acceptors (Lipinski definition) is 7. The van der Waals surface area contributed by atoms with Crippen LogP contribution in [0.15, 0.2) is 24.4 Å². The number of aromatic nitrogens is 2. The number of fused-ring (bicyclic) bond motifs is 1. The van der Waals surface area contributed by atoms with E-state index in [1.807, 2.05) is 24.8 Å². The van der Waals surface area contributed by atoms with Crippen LogP contribution in [0.25, 0.3) is 0 Å². The summed E-state index contributed by atoms with van der Waals surface area (Å²) in [5.41, 5.74) is -0.440. The number of carbonyl (C=O) groups excluding carboxylic acids is 1. The number of amides is 1. The Hall–Kier alpha value is -3.32. The number of anilines is 1.